The second-order valence-corrected chi connectivity index (χ2v) is 4.04. The van der Waals surface area contributed by atoms with Gasteiger partial charge in [0.2, 0.25) is 5.75 Å². The van der Waals surface area contributed by atoms with Crippen LogP contribution in [0.3, 0.4) is 0 Å². The minimum atomic E-state index is -0.440. The number of methoxy groups -OCH3 is 1. The molecule has 0 spiro atoms. The Bertz CT molecular complexity index is 584. The highest BCUT2D eigenvalue weighted by molar-refractivity contribution is 5.70. The maximum atomic E-state index is 11.0. The van der Waals surface area contributed by atoms with Crippen molar-refractivity contribution in [1.29, 1.82) is 0 Å². The lowest BCUT2D eigenvalue weighted by atomic mass is 10.2. The van der Waals surface area contributed by atoms with Gasteiger partial charge >= 0.3 is 5.97 Å². The highest BCUT2D eigenvalue weighted by atomic mass is 16.6. The summed E-state index contributed by atoms with van der Waals surface area (Å²) in [6, 6.07) is 9.71. The predicted molar refractivity (Wildman–Crippen MR) is 72.9 cm³/mol. The van der Waals surface area contributed by atoms with Crippen molar-refractivity contribution in [3.8, 4) is 17.2 Å². The first kappa shape index (κ1) is 13.9. The molecular formula is C15H15NO4. The van der Waals surface area contributed by atoms with E-state index in [1.807, 2.05) is 30.3 Å². The normalized spacial score (nSPS) is 9.90. The van der Waals surface area contributed by atoms with Gasteiger partial charge in [-0.25, -0.2) is 0 Å². The highest BCUT2D eigenvalue weighted by Crippen LogP contribution is 2.36. The molecule has 1 heterocycles. The summed E-state index contributed by atoms with van der Waals surface area (Å²) in [6.07, 6.45) is 2.93. The van der Waals surface area contributed by atoms with Crippen molar-refractivity contribution in [1.82, 2.24) is 4.98 Å². The van der Waals surface area contributed by atoms with Crippen LogP contribution in [-0.2, 0) is 11.4 Å². The quantitative estimate of drug-likeness (QED) is 0.784. The summed E-state index contributed by atoms with van der Waals surface area (Å²) in [5, 5.41) is 0. The van der Waals surface area contributed by atoms with E-state index in [-0.39, 0.29) is 5.75 Å². The van der Waals surface area contributed by atoms with Crippen LogP contribution in [0.15, 0.2) is 42.7 Å². The van der Waals surface area contributed by atoms with Crippen LogP contribution in [0.25, 0.3) is 0 Å². The van der Waals surface area contributed by atoms with Crippen molar-refractivity contribution >= 4 is 5.97 Å². The number of hydrogen-bond acceptors (Lipinski definition) is 5. The largest absolute Gasteiger partial charge is 0.490 e. The standard InChI is InChI=1S/C15H15NO4/c1-11(17)20-14-9-16-8-13(15(14)18-2)19-10-12-6-4-3-5-7-12/h3-9H,10H2,1-2H3. The Kier molecular flexibility index (Phi) is 4.55. The zero-order valence-corrected chi connectivity index (χ0v) is 11.3. The van der Waals surface area contributed by atoms with E-state index in [0.29, 0.717) is 18.1 Å². The fourth-order valence-corrected chi connectivity index (χ4v) is 1.68. The number of pyridine rings is 1. The lowest BCUT2D eigenvalue weighted by Crippen LogP contribution is -2.05. The van der Waals surface area contributed by atoms with Crippen molar-refractivity contribution in [3.63, 3.8) is 0 Å². The summed E-state index contributed by atoms with van der Waals surface area (Å²) in [7, 11) is 1.48. The lowest BCUT2D eigenvalue weighted by molar-refractivity contribution is -0.132. The van der Waals surface area contributed by atoms with Crippen molar-refractivity contribution in [2.75, 3.05) is 7.11 Å². The van der Waals surface area contributed by atoms with E-state index < -0.39 is 5.97 Å². The Morgan fingerprint density at radius 2 is 1.85 bits per heavy atom. The number of esters is 1. The number of ether oxygens (including phenoxy) is 3. The molecular weight excluding hydrogens is 258 g/mol. The maximum absolute atomic E-state index is 11.0. The zero-order valence-electron chi connectivity index (χ0n) is 11.3. The van der Waals surface area contributed by atoms with Gasteiger partial charge in [-0.1, -0.05) is 30.3 Å². The fourth-order valence-electron chi connectivity index (χ4n) is 1.68. The second kappa shape index (κ2) is 6.56. The van der Waals surface area contributed by atoms with E-state index >= 15 is 0 Å². The van der Waals surface area contributed by atoms with E-state index in [2.05, 4.69) is 4.98 Å². The van der Waals surface area contributed by atoms with Crippen LogP contribution in [0.1, 0.15) is 12.5 Å². The van der Waals surface area contributed by atoms with Crippen LogP contribution in [0.5, 0.6) is 17.2 Å². The van der Waals surface area contributed by atoms with Crippen LogP contribution in [0, 0.1) is 0 Å². The van der Waals surface area contributed by atoms with Gasteiger partial charge in [0.1, 0.15) is 6.61 Å². The minimum Gasteiger partial charge on any atom is -0.490 e. The Hall–Kier alpha value is -2.56. The molecule has 0 aliphatic heterocycles. The molecule has 1 aromatic carbocycles. The summed E-state index contributed by atoms with van der Waals surface area (Å²) in [6.45, 7) is 1.69. The smallest absolute Gasteiger partial charge is 0.308 e. The van der Waals surface area contributed by atoms with Gasteiger partial charge in [0, 0.05) is 6.92 Å². The summed E-state index contributed by atoms with van der Waals surface area (Å²) < 4.78 is 15.9. The Morgan fingerprint density at radius 3 is 2.50 bits per heavy atom. The third-order valence-electron chi connectivity index (χ3n) is 2.53. The number of rotatable bonds is 5. The molecule has 0 fully saturated rings. The predicted octanol–water partition coefficient (Wildman–Crippen LogP) is 2.59. The number of hydrogen-bond donors (Lipinski definition) is 0. The molecule has 0 radical (unpaired) electrons. The molecule has 0 unspecified atom stereocenters. The van der Waals surface area contributed by atoms with Crippen LogP contribution >= 0.6 is 0 Å². The van der Waals surface area contributed by atoms with E-state index in [4.69, 9.17) is 14.2 Å². The maximum Gasteiger partial charge on any atom is 0.308 e. The van der Waals surface area contributed by atoms with Gasteiger partial charge in [0.15, 0.2) is 11.5 Å². The molecule has 0 aliphatic carbocycles. The van der Waals surface area contributed by atoms with Gasteiger partial charge in [0.25, 0.3) is 0 Å². The van der Waals surface area contributed by atoms with Crippen LogP contribution in [0.2, 0.25) is 0 Å². The number of aromatic nitrogens is 1. The molecule has 0 saturated heterocycles. The number of carbonyl (C=O) groups is 1. The summed E-state index contributed by atoms with van der Waals surface area (Å²) >= 11 is 0. The first-order valence-corrected chi connectivity index (χ1v) is 6.08. The van der Waals surface area contributed by atoms with Gasteiger partial charge < -0.3 is 14.2 Å². The van der Waals surface area contributed by atoms with Crippen molar-refractivity contribution < 1.29 is 19.0 Å². The average molecular weight is 273 g/mol. The molecule has 2 aromatic rings. The molecule has 0 amide bonds. The third kappa shape index (κ3) is 3.47. The zero-order chi connectivity index (χ0) is 14.4. The average Bonchev–Trinajstić information content (AvgIpc) is 2.45. The third-order valence-corrected chi connectivity index (χ3v) is 2.53. The molecule has 20 heavy (non-hydrogen) atoms. The molecule has 0 saturated carbocycles. The second-order valence-electron chi connectivity index (χ2n) is 4.04. The monoisotopic (exact) mass is 273 g/mol. The molecule has 0 aliphatic rings. The Morgan fingerprint density at radius 1 is 1.15 bits per heavy atom. The number of benzene rings is 1. The van der Waals surface area contributed by atoms with Gasteiger partial charge in [0.05, 0.1) is 19.5 Å². The van der Waals surface area contributed by atoms with Gasteiger partial charge in [-0.3, -0.25) is 9.78 Å². The van der Waals surface area contributed by atoms with E-state index in [1.165, 1.54) is 26.4 Å². The SMILES string of the molecule is COc1c(OCc2ccccc2)cncc1OC(C)=O. The van der Waals surface area contributed by atoms with E-state index in [0.717, 1.165) is 5.56 Å². The molecule has 5 nitrogen and oxygen atoms in total. The van der Waals surface area contributed by atoms with Crippen molar-refractivity contribution in [3.05, 3.63) is 48.3 Å². The molecule has 2 rings (SSSR count). The lowest BCUT2D eigenvalue weighted by Gasteiger charge is -2.13. The molecule has 0 bridgehead atoms. The topological polar surface area (TPSA) is 57.6 Å². The summed E-state index contributed by atoms with van der Waals surface area (Å²) in [5.74, 6) is 0.581. The minimum absolute atomic E-state index is 0.241. The highest BCUT2D eigenvalue weighted by Gasteiger charge is 2.14. The first-order chi connectivity index (χ1) is 9.70. The molecule has 104 valence electrons. The fraction of sp³-hybridized carbons (Fsp3) is 0.200. The van der Waals surface area contributed by atoms with Crippen LogP contribution < -0.4 is 14.2 Å². The van der Waals surface area contributed by atoms with E-state index in [9.17, 15) is 4.79 Å². The Balaban J connectivity index is 2.16. The summed E-state index contributed by atoms with van der Waals surface area (Å²) in [5.41, 5.74) is 1.02. The Labute approximate surface area is 117 Å². The van der Waals surface area contributed by atoms with Gasteiger partial charge in [-0.15, -0.1) is 0 Å². The number of carbonyl (C=O) groups excluding carboxylic acids is 1. The van der Waals surface area contributed by atoms with Gasteiger partial charge in [-0.2, -0.15) is 0 Å². The molecule has 5 heteroatoms. The number of nitrogens with zero attached hydrogens (tertiary/aromatic N) is 1. The van der Waals surface area contributed by atoms with Crippen LogP contribution in [0.4, 0.5) is 0 Å². The van der Waals surface area contributed by atoms with E-state index in [1.54, 1.807) is 0 Å². The molecule has 0 N–H and O–H groups in total. The molecule has 0 atom stereocenters. The summed E-state index contributed by atoms with van der Waals surface area (Å²) in [4.78, 5) is 15.0. The van der Waals surface area contributed by atoms with Crippen molar-refractivity contribution in [2.24, 2.45) is 0 Å². The molecule has 1 aromatic heterocycles. The first-order valence-electron chi connectivity index (χ1n) is 6.08. The van der Waals surface area contributed by atoms with Crippen molar-refractivity contribution in [2.45, 2.75) is 13.5 Å². The van der Waals surface area contributed by atoms with Crippen LogP contribution in [-0.4, -0.2) is 18.1 Å². The van der Waals surface area contributed by atoms with Gasteiger partial charge in [-0.05, 0) is 5.56 Å².